The Morgan fingerprint density at radius 2 is 1.48 bits per heavy atom. The lowest BCUT2D eigenvalue weighted by Gasteiger charge is -2.37. The lowest BCUT2D eigenvalue weighted by atomic mass is 9.82. The van der Waals surface area contributed by atoms with Gasteiger partial charge in [-0.05, 0) is 58.9 Å². The van der Waals surface area contributed by atoms with E-state index in [0.717, 1.165) is 11.2 Å². The number of aromatic nitrogens is 1. The number of para-hydroxylation sites is 1. The molecule has 0 bridgehead atoms. The fourth-order valence-electron chi connectivity index (χ4n) is 3.52. The van der Waals surface area contributed by atoms with E-state index < -0.39 is 11.2 Å². The first kappa shape index (κ1) is 19.7. The van der Waals surface area contributed by atoms with Crippen molar-refractivity contribution in [3.63, 3.8) is 0 Å². The maximum atomic E-state index is 10.4. The second kappa shape index (κ2) is 7.05. The van der Waals surface area contributed by atoms with Gasteiger partial charge in [-0.2, -0.15) is 0 Å². The SMILES string of the molecule is Cc1ccc(-n2c3ccccc3c3cc(BOC(C)(C)C(C)(C)O)ccc32)cc1. The van der Waals surface area contributed by atoms with Gasteiger partial charge in [0.2, 0.25) is 0 Å². The Balaban J connectivity index is 1.80. The van der Waals surface area contributed by atoms with E-state index in [9.17, 15) is 5.11 Å². The maximum Gasteiger partial charge on any atom is 0.309 e. The molecule has 0 amide bonds. The van der Waals surface area contributed by atoms with Gasteiger partial charge in [-0.3, -0.25) is 0 Å². The Morgan fingerprint density at radius 3 is 2.17 bits per heavy atom. The maximum absolute atomic E-state index is 10.4. The van der Waals surface area contributed by atoms with Crippen molar-refractivity contribution in [1.82, 2.24) is 4.57 Å². The van der Waals surface area contributed by atoms with Gasteiger partial charge in [-0.1, -0.05) is 53.5 Å². The molecule has 0 aliphatic heterocycles. The zero-order chi connectivity index (χ0) is 20.8. The number of nitrogens with zero attached hydrogens (tertiary/aromatic N) is 1. The van der Waals surface area contributed by atoms with Crippen molar-refractivity contribution in [2.24, 2.45) is 0 Å². The highest BCUT2D eigenvalue weighted by Gasteiger charge is 2.35. The molecule has 4 heteroatoms. The Hall–Kier alpha value is -2.56. The van der Waals surface area contributed by atoms with Gasteiger partial charge < -0.3 is 14.3 Å². The molecule has 0 radical (unpaired) electrons. The first-order valence-corrected chi connectivity index (χ1v) is 10.1. The summed E-state index contributed by atoms with van der Waals surface area (Å²) in [4.78, 5) is 0. The van der Waals surface area contributed by atoms with E-state index in [-0.39, 0.29) is 0 Å². The molecule has 3 aromatic carbocycles. The van der Waals surface area contributed by atoms with Crippen molar-refractivity contribution in [2.45, 2.75) is 45.8 Å². The summed E-state index contributed by atoms with van der Waals surface area (Å²) in [6, 6.07) is 23.7. The van der Waals surface area contributed by atoms with Crippen LogP contribution >= 0.6 is 0 Å². The van der Waals surface area contributed by atoms with E-state index in [4.69, 9.17) is 4.65 Å². The van der Waals surface area contributed by atoms with E-state index in [2.05, 4.69) is 78.2 Å². The second-order valence-corrected chi connectivity index (χ2v) is 8.90. The monoisotopic (exact) mass is 385 g/mol. The zero-order valence-electron chi connectivity index (χ0n) is 17.9. The third kappa shape index (κ3) is 3.59. The van der Waals surface area contributed by atoms with E-state index in [1.54, 1.807) is 13.8 Å². The number of benzene rings is 3. The minimum absolute atomic E-state index is 0.455. The molecular weight excluding hydrogens is 357 g/mol. The van der Waals surface area contributed by atoms with Crippen molar-refractivity contribution >= 4 is 34.8 Å². The predicted molar refractivity (Wildman–Crippen MR) is 124 cm³/mol. The van der Waals surface area contributed by atoms with Gasteiger partial charge in [0.15, 0.2) is 0 Å². The Kier molecular flexibility index (Phi) is 4.80. The van der Waals surface area contributed by atoms with Crippen molar-refractivity contribution in [1.29, 1.82) is 0 Å². The van der Waals surface area contributed by atoms with Gasteiger partial charge in [0, 0.05) is 16.5 Å². The van der Waals surface area contributed by atoms with E-state index in [1.165, 1.54) is 27.4 Å². The molecular formula is C25H28BNO2. The molecule has 29 heavy (non-hydrogen) atoms. The highest BCUT2D eigenvalue weighted by Crippen LogP contribution is 2.31. The summed E-state index contributed by atoms with van der Waals surface area (Å²) < 4.78 is 8.40. The van der Waals surface area contributed by atoms with E-state index in [1.807, 2.05) is 13.8 Å². The lowest BCUT2D eigenvalue weighted by molar-refractivity contribution is -0.0893. The van der Waals surface area contributed by atoms with Crippen molar-refractivity contribution in [3.05, 3.63) is 72.3 Å². The Labute approximate surface area is 173 Å². The molecule has 4 rings (SSSR count). The molecule has 148 valence electrons. The number of aliphatic hydroxyl groups is 1. The predicted octanol–water partition coefficient (Wildman–Crippen LogP) is 4.64. The van der Waals surface area contributed by atoms with Gasteiger partial charge >= 0.3 is 7.48 Å². The number of hydrogen-bond acceptors (Lipinski definition) is 2. The number of fused-ring (bicyclic) bond motifs is 3. The summed E-state index contributed by atoms with van der Waals surface area (Å²) in [6.07, 6.45) is 0. The highest BCUT2D eigenvalue weighted by molar-refractivity contribution is 6.47. The van der Waals surface area contributed by atoms with Gasteiger partial charge in [0.05, 0.1) is 22.2 Å². The summed E-state index contributed by atoms with van der Waals surface area (Å²) >= 11 is 0. The fourth-order valence-corrected chi connectivity index (χ4v) is 3.52. The van der Waals surface area contributed by atoms with Crippen LogP contribution in [0.1, 0.15) is 33.3 Å². The molecule has 0 spiro atoms. The van der Waals surface area contributed by atoms with Gasteiger partial charge in [-0.15, -0.1) is 0 Å². The number of rotatable bonds is 5. The van der Waals surface area contributed by atoms with Crippen LogP contribution in [0.15, 0.2) is 66.7 Å². The van der Waals surface area contributed by atoms with Crippen LogP contribution in [0.5, 0.6) is 0 Å². The van der Waals surface area contributed by atoms with Crippen LogP contribution in [0.25, 0.3) is 27.5 Å². The van der Waals surface area contributed by atoms with Gasteiger partial charge in [0.1, 0.15) is 0 Å². The quantitative estimate of drug-likeness (QED) is 0.508. The van der Waals surface area contributed by atoms with Crippen LogP contribution < -0.4 is 5.46 Å². The van der Waals surface area contributed by atoms with Crippen molar-refractivity contribution < 1.29 is 9.76 Å². The second-order valence-electron chi connectivity index (χ2n) is 8.90. The molecule has 0 atom stereocenters. The number of hydrogen-bond donors (Lipinski definition) is 1. The Bertz CT molecular complexity index is 1170. The molecule has 3 nitrogen and oxygen atoms in total. The van der Waals surface area contributed by atoms with Crippen LogP contribution in [0, 0.1) is 6.92 Å². The van der Waals surface area contributed by atoms with Crippen LogP contribution in [0.2, 0.25) is 0 Å². The summed E-state index contributed by atoms with van der Waals surface area (Å²) in [5.74, 6) is 0. The van der Waals surface area contributed by atoms with E-state index >= 15 is 0 Å². The molecule has 4 aromatic rings. The number of aryl methyl sites for hydroxylation is 1. The van der Waals surface area contributed by atoms with E-state index in [0.29, 0.717) is 7.48 Å². The standard InChI is InChI=1S/C25H28BNO2/c1-17-10-13-19(14-11-17)27-22-9-7-6-8-20(22)21-16-18(12-15-23(21)27)26-29-25(4,5)24(2,3)28/h6-16,26,28H,1-5H3. The molecule has 1 N–H and O–H groups in total. The summed E-state index contributed by atoms with van der Waals surface area (Å²) in [5, 5.41) is 12.8. The van der Waals surface area contributed by atoms with Gasteiger partial charge in [0.25, 0.3) is 0 Å². The van der Waals surface area contributed by atoms with Crippen LogP contribution in [0.4, 0.5) is 0 Å². The van der Waals surface area contributed by atoms with Crippen LogP contribution in [-0.2, 0) is 4.65 Å². The highest BCUT2D eigenvalue weighted by atomic mass is 16.5. The third-order valence-electron chi connectivity index (χ3n) is 6.10. The van der Waals surface area contributed by atoms with Gasteiger partial charge in [-0.25, -0.2) is 0 Å². The lowest BCUT2D eigenvalue weighted by Crippen LogP contribution is -2.49. The molecule has 1 heterocycles. The molecule has 0 fully saturated rings. The largest absolute Gasteiger partial charge is 0.427 e. The summed E-state index contributed by atoms with van der Waals surface area (Å²) in [7, 11) is 0.455. The van der Waals surface area contributed by atoms with Crippen molar-refractivity contribution in [2.75, 3.05) is 0 Å². The Morgan fingerprint density at radius 1 is 0.828 bits per heavy atom. The summed E-state index contributed by atoms with van der Waals surface area (Å²) in [6.45, 7) is 9.53. The average Bonchev–Trinajstić information content (AvgIpc) is 3.00. The molecule has 0 aliphatic carbocycles. The van der Waals surface area contributed by atoms with Crippen molar-refractivity contribution in [3.8, 4) is 5.69 Å². The minimum atomic E-state index is -0.918. The first-order chi connectivity index (χ1) is 13.7. The molecule has 0 unspecified atom stereocenters. The minimum Gasteiger partial charge on any atom is -0.427 e. The molecule has 0 aliphatic rings. The third-order valence-corrected chi connectivity index (χ3v) is 6.10. The fraction of sp³-hybridized carbons (Fsp3) is 0.280. The normalized spacial score (nSPS) is 12.6. The van der Waals surface area contributed by atoms with Crippen LogP contribution in [0.3, 0.4) is 0 Å². The topological polar surface area (TPSA) is 34.4 Å². The van der Waals surface area contributed by atoms with Crippen LogP contribution in [-0.4, -0.2) is 28.4 Å². The summed E-state index contributed by atoms with van der Waals surface area (Å²) in [5.41, 5.74) is 4.33. The average molecular weight is 385 g/mol. The molecule has 1 aromatic heterocycles. The first-order valence-electron chi connectivity index (χ1n) is 10.1. The molecule has 0 saturated heterocycles. The smallest absolute Gasteiger partial charge is 0.309 e. The molecule has 0 saturated carbocycles. The zero-order valence-corrected chi connectivity index (χ0v) is 17.9.